The third-order valence-electron chi connectivity index (χ3n) is 5.89. The van der Waals surface area contributed by atoms with Crippen molar-refractivity contribution in [3.8, 4) is 0 Å². The molecule has 0 unspecified atom stereocenters. The Morgan fingerprint density at radius 3 is 2.21 bits per heavy atom. The second-order valence-corrected chi connectivity index (χ2v) is 8.84. The molecule has 0 amide bonds. The second kappa shape index (κ2) is 7.04. The summed E-state index contributed by atoms with van der Waals surface area (Å²) in [5.41, 5.74) is 6.32. The van der Waals surface area contributed by atoms with Crippen LogP contribution in [0.4, 0.5) is 0 Å². The Balaban J connectivity index is 2.18. The number of aromatic nitrogens is 1. The van der Waals surface area contributed by atoms with Gasteiger partial charge >= 0.3 is 5.97 Å². The predicted molar refractivity (Wildman–Crippen MR) is 110 cm³/mol. The number of rotatable bonds is 4. The van der Waals surface area contributed by atoms with E-state index < -0.39 is 5.97 Å². The molecule has 28 heavy (non-hydrogen) atoms. The molecule has 1 heterocycles. The van der Waals surface area contributed by atoms with E-state index in [0.717, 1.165) is 24.0 Å². The van der Waals surface area contributed by atoms with Gasteiger partial charge in [0.2, 0.25) is 0 Å². The van der Waals surface area contributed by atoms with E-state index in [1.165, 1.54) is 30.5 Å². The molecule has 0 bridgehead atoms. The molecule has 0 spiro atoms. The molecule has 0 atom stereocenters. The first kappa shape index (κ1) is 20.1. The molecular weight excluding hydrogens is 352 g/mol. The molecular formula is C23H28N2O3. The number of carbonyl (C=O) groups is 1. The van der Waals surface area contributed by atoms with Crippen LogP contribution in [0.2, 0.25) is 0 Å². The Labute approximate surface area is 166 Å². The molecule has 0 saturated heterocycles. The van der Waals surface area contributed by atoms with Gasteiger partial charge in [-0.1, -0.05) is 38.9 Å². The largest absolute Gasteiger partial charge is 0.478 e. The van der Waals surface area contributed by atoms with Gasteiger partial charge in [-0.25, -0.2) is 4.79 Å². The lowest BCUT2D eigenvalue weighted by Gasteiger charge is -2.42. The van der Waals surface area contributed by atoms with Crippen LogP contribution < -0.4 is 0 Å². The smallest absolute Gasteiger partial charge is 0.337 e. The van der Waals surface area contributed by atoms with Crippen molar-refractivity contribution in [1.29, 1.82) is 0 Å². The Morgan fingerprint density at radius 2 is 1.71 bits per heavy atom. The van der Waals surface area contributed by atoms with Crippen LogP contribution in [0.1, 0.15) is 78.8 Å². The standard InChI is InChI=1S/C23H28N2O3/c1-14-11-17-18(23(4,5)10-9-22(17,2)3)12-16(14)20(25-28-6)19-8-7-15(13-24-19)21(26)27/h7-8,11-13H,9-10H2,1-6H3,(H,26,27)/b25-20-. The molecule has 1 N–H and O–H groups in total. The normalized spacial score (nSPS) is 17.7. The monoisotopic (exact) mass is 380 g/mol. The highest BCUT2D eigenvalue weighted by Gasteiger charge is 2.37. The van der Waals surface area contributed by atoms with E-state index in [-0.39, 0.29) is 16.4 Å². The van der Waals surface area contributed by atoms with Gasteiger partial charge in [-0.2, -0.15) is 0 Å². The maximum atomic E-state index is 11.1. The van der Waals surface area contributed by atoms with Crippen molar-refractivity contribution in [2.45, 2.75) is 58.3 Å². The maximum Gasteiger partial charge on any atom is 0.337 e. The molecule has 5 heteroatoms. The number of oxime groups is 1. The van der Waals surface area contributed by atoms with Gasteiger partial charge in [0.25, 0.3) is 0 Å². The molecule has 1 aliphatic rings. The first-order valence-corrected chi connectivity index (χ1v) is 9.54. The summed E-state index contributed by atoms with van der Waals surface area (Å²) in [6, 6.07) is 7.70. The van der Waals surface area contributed by atoms with E-state index in [2.05, 4.69) is 56.9 Å². The van der Waals surface area contributed by atoms with Crippen LogP contribution in [0, 0.1) is 6.92 Å². The summed E-state index contributed by atoms with van der Waals surface area (Å²) in [6.45, 7) is 11.2. The second-order valence-electron chi connectivity index (χ2n) is 8.84. The minimum atomic E-state index is -1.00. The van der Waals surface area contributed by atoms with E-state index in [1.807, 2.05) is 0 Å². The molecule has 1 aromatic carbocycles. The average Bonchev–Trinajstić information content (AvgIpc) is 2.64. The Bertz CT molecular complexity index is 941. The van der Waals surface area contributed by atoms with Crippen molar-refractivity contribution < 1.29 is 14.7 Å². The third kappa shape index (κ3) is 3.53. The molecule has 148 valence electrons. The van der Waals surface area contributed by atoms with E-state index >= 15 is 0 Å². The molecule has 5 nitrogen and oxygen atoms in total. The fraction of sp³-hybridized carbons (Fsp3) is 0.435. The maximum absolute atomic E-state index is 11.1. The summed E-state index contributed by atoms with van der Waals surface area (Å²) >= 11 is 0. The van der Waals surface area contributed by atoms with E-state index in [0.29, 0.717) is 11.4 Å². The summed E-state index contributed by atoms with van der Waals surface area (Å²) in [5.74, 6) is -1.00. The molecule has 0 radical (unpaired) electrons. The van der Waals surface area contributed by atoms with Gasteiger partial charge in [-0.15, -0.1) is 0 Å². The van der Waals surface area contributed by atoms with Crippen molar-refractivity contribution in [2.75, 3.05) is 7.11 Å². The fourth-order valence-electron chi connectivity index (χ4n) is 3.96. The van der Waals surface area contributed by atoms with Crippen LogP contribution in [0.25, 0.3) is 0 Å². The third-order valence-corrected chi connectivity index (χ3v) is 5.89. The van der Waals surface area contributed by atoms with Gasteiger partial charge in [-0.05, 0) is 65.5 Å². The van der Waals surface area contributed by atoms with Gasteiger partial charge in [0, 0.05) is 11.8 Å². The lowest BCUT2D eigenvalue weighted by atomic mass is 9.62. The zero-order chi connectivity index (χ0) is 20.7. The SMILES string of the molecule is CO/N=C(\c1ccc(C(=O)O)cn1)c1cc2c(cc1C)C(C)(C)CCC2(C)C. The number of carboxylic acid groups (broad SMARTS) is 1. The summed E-state index contributed by atoms with van der Waals surface area (Å²) in [4.78, 5) is 20.6. The summed E-state index contributed by atoms with van der Waals surface area (Å²) in [7, 11) is 1.51. The topological polar surface area (TPSA) is 71.8 Å². The Hall–Kier alpha value is -2.69. The summed E-state index contributed by atoms with van der Waals surface area (Å²) in [6.07, 6.45) is 3.63. The van der Waals surface area contributed by atoms with Crippen LogP contribution in [0.5, 0.6) is 0 Å². The minimum Gasteiger partial charge on any atom is -0.478 e. The minimum absolute atomic E-state index is 0.0755. The van der Waals surface area contributed by atoms with Crippen molar-refractivity contribution in [2.24, 2.45) is 5.16 Å². The molecule has 2 aromatic rings. The van der Waals surface area contributed by atoms with Crippen LogP contribution >= 0.6 is 0 Å². The number of carboxylic acids is 1. The quantitative estimate of drug-likeness (QED) is 0.609. The van der Waals surface area contributed by atoms with Crippen molar-refractivity contribution >= 4 is 11.7 Å². The number of nitrogens with zero attached hydrogens (tertiary/aromatic N) is 2. The van der Waals surface area contributed by atoms with Crippen LogP contribution in [0.3, 0.4) is 0 Å². The summed E-state index contributed by atoms with van der Waals surface area (Å²) < 4.78 is 0. The van der Waals surface area contributed by atoms with Crippen molar-refractivity contribution in [3.63, 3.8) is 0 Å². The number of pyridine rings is 1. The van der Waals surface area contributed by atoms with Crippen molar-refractivity contribution in [3.05, 3.63) is 64.0 Å². The van der Waals surface area contributed by atoms with Gasteiger partial charge in [0.1, 0.15) is 12.8 Å². The van der Waals surface area contributed by atoms with Crippen LogP contribution in [0.15, 0.2) is 35.6 Å². The molecule has 0 aliphatic heterocycles. The molecule has 3 rings (SSSR count). The van der Waals surface area contributed by atoms with Gasteiger partial charge in [0.05, 0.1) is 11.3 Å². The van der Waals surface area contributed by atoms with Crippen molar-refractivity contribution in [1.82, 2.24) is 4.98 Å². The molecule has 1 aliphatic carbocycles. The zero-order valence-corrected chi connectivity index (χ0v) is 17.5. The lowest BCUT2D eigenvalue weighted by Crippen LogP contribution is -2.34. The fourth-order valence-corrected chi connectivity index (χ4v) is 3.96. The van der Waals surface area contributed by atoms with E-state index in [4.69, 9.17) is 9.94 Å². The number of aromatic carboxylic acids is 1. The van der Waals surface area contributed by atoms with Gasteiger partial charge in [0.15, 0.2) is 0 Å². The zero-order valence-electron chi connectivity index (χ0n) is 17.5. The summed E-state index contributed by atoms with van der Waals surface area (Å²) in [5, 5.41) is 13.4. The Kier molecular flexibility index (Phi) is 5.04. The number of benzene rings is 1. The van der Waals surface area contributed by atoms with Gasteiger partial charge in [-0.3, -0.25) is 4.98 Å². The highest BCUT2D eigenvalue weighted by Crippen LogP contribution is 2.46. The molecule has 1 aromatic heterocycles. The predicted octanol–water partition coefficient (Wildman–Crippen LogP) is 4.84. The first-order chi connectivity index (χ1) is 13.1. The van der Waals surface area contributed by atoms with E-state index in [9.17, 15) is 4.79 Å². The number of fused-ring (bicyclic) bond motifs is 1. The Morgan fingerprint density at radius 1 is 1.11 bits per heavy atom. The molecule has 0 saturated carbocycles. The molecule has 0 fully saturated rings. The number of hydrogen-bond donors (Lipinski definition) is 1. The van der Waals surface area contributed by atoms with Crippen LogP contribution in [-0.4, -0.2) is 28.9 Å². The average molecular weight is 380 g/mol. The number of aryl methyl sites for hydroxylation is 1. The highest BCUT2D eigenvalue weighted by molar-refractivity contribution is 6.12. The van der Waals surface area contributed by atoms with E-state index in [1.54, 1.807) is 6.07 Å². The lowest BCUT2D eigenvalue weighted by molar-refractivity contribution is 0.0696. The first-order valence-electron chi connectivity index (χ1n) is 9.54. The number of hydrogen-bond acceptors (Lipinski definition) is 4. The van der Waals surface area contributed by atoms with Crippen LogP contribution in [-0.2, 0) is 15.7 Å². The highest BCUT2D eigenvalue weighted by atomic mass is 16.6. The van der Waals surface area contributed by atoms with Gasteiger partial charge < -0.3 is 9.94 Å².